The summed E-state index contributed by atoms with van der Waals surface area (Å²) in [6.45, 7) is 5.84. The number of nitrogens with zero attached hydrogens (tertiary/aromatic N) is 1. The summed E-state index contributed by atoms with van der Waals surface area (Å²) >= 11 is 0. The van der Waals surface area contributed by atoms with Gasteiger partial charge in [-0.05, 0) is 29.2 Å². The minimum absolute atomic E-state index is 0. The van der Waals surface area contributed by atoms with E-state index < -0.39 is 0 Å². The highest BCUT2D eigenvalue weighted by molar-refractivity contribution is 5.85. The van der Waals surface area contributed by atoms with Crippen molar-refractivity contribution in [2.24, 2.45) is 11.7 Å². The highest BCUT2D eigenvalue weighted by atomic mass is 35.5. The molecule has 3 nitrogen and oxygen atoms in total. The molecule has 1 aliphatic heterocycles. The van der Waals surface area contributed by atoms with E-state index >= 15 is 0 Å². The summed E-state index contributed by atoms with van der Waals surface area (Å²) in [6.07, 6.45) is 0. The van der Waals surface area contributed by atoms with Crippen LogP contribution in [0, 0.1) is 5.92 Å². The third-order valence-electron chi connectivity index (χ3n) is 4.30. The van der Waals surface area contributed by atoms with Crippen LogP contribution in [0.3, 0.4) is 0 Å². The van der Waals surface area contributed by atoms with Gasteiger partial charge in [0.05, 0.1) is 0 Å². The van der Waals surface area contributed by atoms with Crippen molar-refractivity contribution in [3.05, 3.63) is 65.7 Å². The van der Waals surface area contributed by atoms with E-state index in [1.165, 1.54) is 11.1 Å². The highest BCUT2D eigenvalue weighted by Crippen LogP contribution is 2.20. The van der Waals surface area contributed by atoms with Crippen molar-refractivity contribution in [3.8, 4) is 5.75 Å². The monoisotopic (exact) mass is 332 g/mol. The Morgan fingerprint density at radius 1 is 1.04 bits per heavy atom. The fourth-order valence-electron chi connectivity index (χ4n) is 2.96. The van der Waals surface area contributed by atoms with Gasteiger partial charge >= 0.3 is 0 Å². The Balaban J connectivity index is 0.00000192. The number of benzene rings is 2. The van der Waals surface area contributed by atoms with Gasteiger partial charge in [0.1, 0.15) is 12.4 Å². The van der Waals surface area contributed by atoms with Crippen LogP contribution in [-0.2, 0) is 13.2 Å². The Kier molecular flexibility index (Phi) is 6.46. The zero-order valence-corrected chi connectivity index (χ0v) is 14.3. The third kappa shape index (κ3) is 4.96. The first-order valence-corrected chi connectivity index (χ1v) is 7.94. The van der Waals surface area contributed by atoms with Crippen molar-refractivity contribution in [1.82, 2.24) is 4.90 Å². The molecule has 0 spiro atoms. The van der Waals surface area contributed by atoms with Gasteiger partial charge in [0, 0.05) is 25.7 Å². The van der Waals surface area contributed by atoms with Gasteiger partial charge in [0.15, 0.2) is 0 Å². The molecule has 0 saturated carbocycles. The van der Waals surface area contributed by atoms with E-state index in [1.807, 2.05) is 24.3 Å². The molecular formula is C19H25ClN2O. The first-order valence-electron chi connectivity index (χ1n) is 7.94. The van der Waals surface area contributed by atoms with Crippen LogP contribution in [0.2, 0.25) is 0 Å². The molecule has 1 heterocycles. The van der Waals surface area contributed by atoms with Crippen LogP contribution < -0.4 is 10.5 Å². The molecule has 3 rings (SSSR count). The number of likely N-dealkylation sites (tertiary alicyclic amines) is 1. The lowest BCUT2D eigenvalue weighted by atomic mass is 10.1. The molecule has 2 aromatic rings. The molecule has 124 valence electrons. The van der Waals surface area contributed by atoms with Crippen LogP contribution in [-0.4, -0.2) is 24.0 Å². The molecule has 2 unspecified atom stereocenters. The van der Waals surface area contributed by atoms with Crippen molar-refractivity contribution < 1.29 is 4.74 Å². The van der Waals surface area contributed by atoms with Crippen LogP contribution >= 0.6 is 12.4 Å². The SMILES string of the molecule is CC1CN(Cc2cccc(OCc3ccccc3)c2)CC1N.Cl. The summed E-state index contributed by atoms with van der Waals surface area (Å²) in [6, 6.07) is 18.9. The average Bonchev–Trinajstić information content (AvgIpc) is 2.84. The van der Waals surface area contributed by atoms with Crippen molar-refractivity contribution in [3.63, 3.8) is 0 Å². The number of ether oxygens (including phenoxy) is 1. The van der Waals surface area contributed by atoms with E-state index in [2.05, 4.69) is 42.2 Å². The molecule has 1 fully saturated rings. The Hall–Kier alpha value is -1.55. The number of halogens is 1. The van der Waals surface area contributed by atoms with Gasteiger partial charge in [-0.25, -0.2) is 0 Å². The van der Waals surface area contributed by atoms with Crippen molar-refractivity contribution in [2.45, 2.75) is 26.1 Å². The highest BCUT2D eigenvalue weighted by Gasteiger charge is 2.26. The second-order valence-corrected chi connectivity index (χ2v) is 6.26. The molecule has 2 N–H and O–H groups in total. The first kappa shape index (κ1) is 17.8. The lowest BCUT2D eigenvalue weighted by Gasteiger charge is -2.16. The Bertz CT molecular complexity index is 595. The lowest BCUT2D eigenvalue weighted by molar-refractivity contribution is 0.301. The smallest absolute Gasteiger partial charge is 0.120 e. The van der Waals surface area contributed by atoms with Gasteiger partial charge in [-0.2, -0.15) is 0 Å². The fraction of sp³-hybridized carbons (Fsp3) is 0.368. The molecule has 2 aromatic carbocycles. The summed E-state index contributed by atoms with van der Waals surface area (Å²) in [5.41, 5.74) is 8.57. The number of hydrogen-bond donors (Lipinski definition) is 1. The van der Waals surface area contributed by atoms with Crippen LogP contribution in [0.15, 0.2) is 54.6 Å². The van der Waals surface area contributed by atoms with E-state index in [4.69, 9.17) is 10.5 Å². The van der Waals surface area contributed by atoms with E-state index in [-0.39, 0.29) is 12.4 Å². The van der Waals surface area contributed by atoms with Gasteiger partial charge in [-0.15, -0.1) is 12.4 Å². The lowest BCUT2D eigenvalue weighted by Crippen LogP contribution is -2.28. The maximum atomic E-state index is 6.10. The number of rotatable bonds is 5. The second kappa shape index (κ2) is 8.34. The normalized spacial score (nSPS) is 21.0. The largest absolute Gasteiger partial charge is 0.489 e. The summed E-state index contributed by atoms with van der Waals surface area (Å²) in [5.74, 6) is 1.51. The topological polar surface area (TPSA) is 38.5 Å². The Labute approximate surface area is 144 Å². The second-order valence-electron chi connectivity index (χ2n) is 6.26. The molecular weight excluding hydrogens is 308 g/mol. The molecule has 0 aliphatic carbocycles. The summed E-state index contributed by atoms with van der Waals surface area (Å²) in [5, 5.41) is 0. The maximum Gasteiger partial charge on any atom is 0.120 e. The molecule has 1 saturated heterocycles. The van der Waals surface area contributed by atoms with E-state index in [0.717, 1.165) is 25.4 Å². The van der Waals surface area contributed by atoms with Crippen molar-refractivity contribution >= 4 is 12.4 Å². The standard InChI is InChI=1S/C19H24N2O.ClH/c1-15-11-21(13-19(15)20)12-17-8-5-9-18(10-17)22-14-16-6-3-2-4-7-16;/h2-10,15,19H,11-14,20H2,1H3;1H. The quantitative estimate of drug-likeness (QED) is 0.911. The maximum absolute atomic E-state index is 6.10. The summed E-state index contributed by atoms with van der Waals surface area (Å²) in [7, 11) is 0. The number of nitrogens with two attached hydrogens (primary N) is 1. The molecule has 0 bridgehead atoms. The third-order valence-corrected chi connectivity index (χ3v) is 4.30. The molecule has 0 aromatic heterocycles. The molecule has 0 amide bonds. The molecule has 1 aliphatic rings. The Morgan fingerprint density at radius 3 is 2.48 bits per heavy atom. The van der Waals surface area contributed by atoms with Crippen LogP contribution in [0.4, 0.5) is 0 Å². The minimum atomic E-state index is 0. The van der Waals surface area contributed by atoms with Gasteiger partial charge in [-0.1, -0.05) is 49.4 Å². The fourth-order valence-corrected chi connectivity index (χ4v) is 2.96. The average molecular weight is 333 g/mol. The zero-order valence-electron chi connectivity index (χ0n) is 13.5. The Morgan fingerprint density at radius 2 is 1.78 bits per heavy atom. The van der Waals surface area contributed by atoms with Crippen molar-refractivity contribution in [1.29, 1.82) is 0 Å². The predicted molar refractivity (Wildman–Crippen MR) is 96.9 cm³/mol. The zero-order chi connectivity index (χ0) is 15.4. The van der Waals surface area contributed by atoms with E-state index in [9.17, 15) is 0 Å². The van der Waals surface area contributed by atoms with Gasteiger partial charge in [0.2, 0.25) is 0 Å². The summed E-state index contributed by atoms with van der Waals surface area (Å²) < 4.78 is 5.90. The summed E-state index contributed by atoms with van der Waals surface area (Å²) in [4.78, 5) is 2.42. The molecule has 4 heteroatoms. The minimum Gasteiger partial charge on any atom is -0.489 e. The van der Waals surface area contributed by atoms with Gasteiger partial charge < -0.3 is 10.5 Å². The van der Waals surface area contributed by atoms with Crippen LogP contribution in [0.1, 0.15) is 18.1 Å². The van der Waals surface area contributed by atoms with Crippen molar-refractivity contribution in [2.75, 3.05) is 13.1 Å². The number of hydrogen-bond acceptors (Lipinski definition) is 3. The van der Waals surface area contributed by atoms with Gasteiger partial charge in [0.25, 0.3) is 0 Å². The predicted octanol–water partition coefficient (Wildman–Crippen LogP) is 3.47. The molecule has 2 atom stereocenters. The van der Waals surface area contributed by atoms with Crippen LogP contribution in [0.5, 0.6) is 5.75 Å². The van der Waals surface area contributed by atoms with Crippen LogP contribution in [0.25, 0.3) is 0 Å². The first-order chi connectivity index (χ1) is 10.7. The molecule has 23 heavy (non-hydrogen) atoms. The van der Waals surface area contributed by atoms with E-state index in [0.29, 0.717) is 18.6 Å². The van der Waals surface area contributed by atoms with Gasteiger partial charge in [-0.3, -0.25) is 4.90 Å². The molecule has 0 radical (unpaired) electrons. The van der Waals surface area contributed by atoms with E-state index in [1.54, 1.807) is 0 Å².